The molecular formula is C20H18FN3O3S. The summed E-state index contributed by atoms with van der Waals surface area (Å²) in [6.45, 7) is 0.946. The molecule has 0 atom stereocenters. The van der Waals surface area contributed by atoms with E-state index in [1.807, 2.05) is 6.07 Å². The van der Waals surface area contributed by atoms with Gasteiger partial charge >= 0.3 is 0 Å². The van der Waals surface area contributed by atoms with Crippen LogP contribution in [0.5, 0.6) is 0 Å². The highest BCUT2D eigenvalue weighted by molar-refractivity contribution is 7.89. The van der Waals surface area contributed by atoms with E-state index in [1.54, 1.807) is 23.1 Å². The molecule has 0 radical (unpaired) electrons. The number of amides is 1. The topological polar surface area (TPSA) is 81.5 Å². The Morgan fingerprint density at radius 3 is 2.18 bits per heavy atom. The van der Waals surface area contributed by atoms with Crippen LogP contribution in [-0.2, 0) is 14.8 Å². The first-order valence-corrected chi connectivity index (χ1v) is 10.1. The van der Waals surface area contributed by atoms with Crippen molar-refractivity contribution >= 4 is 22.0 Å². The van der Waals surface area contributed by atoms with Crippen molar-refractivity contribution in [2.45, 2.75) is 4.90 Å². The second kappa shape index (κ2) is 8.33. The van der Waals surface area contributed by atoms with Crippen molar-refractivity contribution in [3.05, 3.63) is 71.6 Å². The van der Waals surface area contributed by atoms with E-state index in [4.69, 9.17) is 5.26 Å². The fourth-order valence-corrected chi connectivity index (χ4v) is 4.27. The number of hydrogen-bond acceptors (Lipinski definition) is 4. The van der Waals surface area contributed by atoms with Crippen LogP contribution < -0.4 is 0 Å². The van der Waals surface area contributed by atoms with Crippen molar-refractivity contribution in [3.63, 3.8) is 0 Å². The van der Waals surface area contributed by atoms with E-state index in [0.29, 0.717) is 11.1 Å². The molecule has 1 amide bonds. The van der Waals surface area contributed by atoms with Crippen LogP contribution in [0.25, 0.3) is 6.08 Å². The van der Waals surface area contributed by atoms with Crippen LogP contribution in [0.15, 0.2) is 59.5 Å². The molecule has 144 valence electrons. The molecule has 0 aromatic heterocycles. The summed E-state index contributed by atoms with van der Waals surface area (Å²) < 4.78 is 39.6. The standard InChI is InChI=1S/C20H18FN3O3S/c21-18-6-1-16(2-7-18)5-10-20(25)23-11-13-24(14-12-23)28(26,27)19-8-3-17(15-22)4-9-19/h1-10H,11-14H2/b10-5+. The largest absolute Gasteiger partial charge is 0.337 e. The minimum absolute atomic E-state index is 0.127. The third-order valence-corrected chi connectivity index (χ3v) is 6.37. The number of piperazine rings is 1. The Hall–Kier alpha value is -3.02. The zero-order chi connectivity index (χ0) is 20.1. The summed E-state index contributed by atoms with van der Waals surface area (Å²) in [5.41, 5.74) is 1.10. The third-order valence-electron chi connectivity index (χ3n) is 4.46. The first-order chi connectivity index (χ1) is 13.4. The molecule has 6 nitrogen and oxygen atoms in total. The Labute approximate surface area is 163 Å². The van der Waals surface area contributed by atoms with E-state index < -0.39 is 10.0 Å². The molecule has 2 aromatic rings. The van der Waals surface area contributed by atoms with Gasteiger partial charge in [-0.15, -0.1) is 0 Å². The fraction of sp³-hybridized carbons (Fsp3) is 0.200. The monoisotopic (exact) mass is 399 g/mol. The maximum atomic E-state index is 12.9. The molecule has 3 rings (SSSR count). The summed E-state index contributed by atoms with van der Waals surface area (Å²) in [6.07, 6.45) is 3.00. The summed E-state index contributed by atoms with van der Waals surface area (Å²) in [7, 11) is -3.66. The van der Waals surface area contributed by atoms with E-state index in [-0.39, 0.29) is 42.8 Å². The van der Waals surface area contributed by atoms with Gasteiger partial charge in [-0.1, -0.05) is 12.1 Å². The van der Waals surface area contributed by atoms with Crippen LogP contribution in [0.1, 0.15) is 11.1 Å². The summed E-state index contributed by atoms with van der Waals surface area (Å²) in [4.78, 5) is 14.0. The van der Waals surface area contributed by atoms with Crippen LogP contribution in [0, 0.1) is 17.1 Å². The van der Waals surface area contributed by atoms with E-state index in [0.717, 1.165) is 0 Å². The molecule has 28 heavy (non-hydrogen) atoms. The first kappa shape index (κ1) is 19.7. The Bertz CT molecular complexity index is 1020. The molecule has 0 bridgehead atoms. The van der Waals surface area contributed by atoms with Crippen molar-refractivity contribution in [1.82, 2.24) is 9.21 Å². The quantitative estimate of drug-likeness (QED) is 0.739. The number of benzene rings is 2. The van der Waals surface area contributed by atoms with Crippen molar-refractivity contribution in [2.75, 3.05) is 26.2 Å². The van der Waals surface area contributed by atoms with Gasteiger partial charge in [-0.2, -0.15) is 9.57 Å². The molecule has 0 saturated carbocycles. The SMILES string of the molecule is N#Cc1ccc(S(=O)(=O)N2CCN(C(=O)/C=C/c3ccc(F)cc3)CC2)cc1. The average Bonchev–Trinajstić information content (AvgIpc) is 2.73. The summed E-state index contributed by atoms with van der Waals surface area (Å²) >= 11 is 0. The van der Waals surface area contributed by atoms with Gasteiger partial charge < -0.3 is 4.90 Å². The number of carbonyl (C=O) groups is 1. The Balaban J connectivity index is 1.60. The Morgan fingerprint density at radius 1 is 1.00 bits per heavy atom. The van der Waals surface area contributed by atoms with Crippen LogP contribution in [-0.4, -0.2) is 49.7 Å². The molecule has 1 saturated heterocycles. The predicted octanol–water partition coefficient (Wildman–Crippen LogP) is 2.24. The van der Waals surface area contributed by atoms with Gasteiger partial charge in [0, 0.05) is 32.3 Å². The molecular weight excluding hydrogens is 381 g/mol. The molecule has 8 heteroatoms. The number of halogens is 1. The van der Waals surface area contributed by atoms with Crippen molar-refractivity contribution < 1.29 is 17.6 Å². The van der Waals surface area contributed by atoms with Crippen molar-refractivity contribution in [2.24, 2.45) is 0 Å². The number of nitriles is 1. The highest BCUT2D eigenvalue weighted by atomic mass is 32.2. The van der Waals surface area contributed by atoms with E-state index >= 15 is 0 Å². The van der Waals surface area contributed by atoms with Gasteiger partial charge in [0.15, 0.2) is 0 Å². The normalized spacial score (nSPS) is 15.5. The predicted molar refractivity (Wildman–Crippen MR) is 102 cm³/mol. The molecule has 1 heterocycles. The zero-order valence-corrected chi connectivity index (χ0v) is 15.8. The minimum atomic E-state index is -3.66. The van der Waals surface area contributed by atoms with Gasteiger partial charge in [-0.25, -0.2) is 12.8 Å². The average molecular weight is 399 g/mol. The molecule has 1 aliphatic heterocycles. The second-order valence-electron chi connectivity index (χ2n) is 6.25. The zero-order valence-electron chi connectivity index (χ0n) is 15.0. The molecule has 0 aliphatic carbocycles. The lowest BCUT2D eigenvalue weighted by Crippen LogP contribution is -2.50. The smallest absolute Gasteiger partial charge is 0.246 e. The van der Waals surface area contributed by atoms with Crippen molar-refractivity contribution in [3.8, 4) is 6.07 Å². The molecule has 1 aliphatic rings. The number of nitrogens with zero attached hydrogens (tertiary/aromatic N) is 3. The maximum absolute atomic E-state index is 12.9. The van der Waals surface area contributed by atoms with Crippen molar-refractivity contribution in [1.29, 1.82) is 5.26 Å². The van der Waals surface area contributed by atoms with Gasteiger partial charge in [-0.3, -0.25) is 4.79 Å². The second-order valence-corrected chi connectivity index (χ2v) is 8.19. The van der Waals surface area contributed by atoms with E-state index in [9.17, 15) is 17.6 Å². The van der Waals surface area contributed by atoms with Crippen LogP contribution >= 0.6 is 0 Å². The number of hydrogen-bond donors (Lipinski definition) is 0. The van der Waals surface area contributed by atoms with Gasteiger partial charge in [0.25, 0.3) is 0 Å². The van der Waals surface area contributed by atoms with Gasteiger partial charge in [0.2, 0.25) is 15.9 Å². The van der Waals surface area contributed by atoms with Crippen LogP contribution in [0.3, 0.4) is 0 Å². The number of sulfonamides is 1. The molecule has 0 unspecified atom stereocenters. The Kier molecular flexibility index (Phi) is 5.87. The molecule has 0 N–H and O–H groups in total. The highest BCUT2D eigenvalue weighted by Crippen LogP contribution is 2.18. The van der Waals surface area contributed by atoms with Crippen LogP contribution in [0.4, 0.5) is 4.39 Å². The van der Waals surface area contributed by atoms with Gasteiger partial charge in [0.1, 0.15) is 5.82 Å². The van der Waals surface area contributed by atoms with E-state index in [1.165, 1.54) is 46.8 Å². The lowest BCUT2D eigenvalue weighted by atomic mass is 10.2. The molecule has 0 spiro atoms. The number of carbonyl (C=O) groups excluding carboxylic acids is 1. The summed E-state index contributed by atoms with van der Waals surface area (Å²) in [5.74, 6) is -0.567. The highest BCUT2D eigenvalue weighted by Gasteiger charge is 2.29. The lowest BCUT2D eigenvalue weighted by Gasteiger charge is -2.33. The van der Waals surface area contributed by atoms with Gasteiger partial charge in [-0.05, 0) is 48.0 Å². The van der Waals surface area contributed by atoms with Crippen LogP contribution in [0.2, 0.25) is 0 Å². The lowest BCUT2D eigenvalue weighted by molar-refractivity contribution is -0.127. The number of rotatable bonds is 4. The molecule has 2 aromatic carbocycles. The van der Waals surface area contributed by atoms with Gasteiger partial charge in [0.05, 0.1) is 16.5 Å². The first-order valence-electron chi connectivity index (χ1n) is 8.63. The Morgan fingerprint density at radius 2 is 1.61 bits per heavy atom. The fourth-order valence-electron chi connectivity index (χ4n) is 2.85. The minimum Gasteiger partial charge on any atom is -0.337 e. The van der Waals surface area contributed by atoms with E-state index in [2.05, 4.69) is 0 Å². The summed E-state index contributed by atoms with van der Waals surface area (Å²) in [5, 5.41) is 8.82. The molecule has 1 fully saturated rings. The summed E-state index contributed by atoms with van der Waals surface area (Å²) in [6, 6.07) is 13.5. The maximum Gasteiger partial charge on any atom is 0.246 e. The third kappa shape index (κ3) is 4.44.